The van der Waals surface area contributed by atoms with Crippen LogP contribution in [0, 0.1) is 13.8 Å². The van der Waals surface area contributed by atoms with Crippen LogP contribution >= 0.6 is 11.8 Å². The van der Waals surface area contributed by atoms with Crippen LogP contribution in [0.5, 0.6) is 0 Å². The first-order valence-corrected chi connectivity index (χ1v) is 12.4. The minimum Gasteiger partial charge on any atom is -0.325 e. The lowest BCUT2D eigenvalue weighted by Crippen LogP contribution is -2.25. The molecule has 0 saturated heterocycles. The second kappa shape index (κ2) is 9.65. The van der Waals surface area contributed by atoms with Crippen molar-refractivity contribution >= 4 is 33.2 Å². The standard InChI is InChI=1S/C22H26N4O3S2/c1-5-19(21(27)23-18-12-11-15(2)13-16(18)3)30-22-25-24-20(26(22)4)14-31(28,29)17-9-7-6-8-10-17/h6-13,19H,5,14H2,1-4H3,(H,23,27). The predicted molar refractivity (Wildman–Crippen MR) is 123 cm³/mol. The summed E-state index contributed by atoms with van der Waals surface area (Å²) >= 11 is 1.28. The lowest BCUT2D eigenvalue weighted by molar-refractivity contribution is -0.115. The van der Waals surface area contributed by atoms with E-state index in [1.54, 1.807) is 41.9 Å². The molecule has 1 heterocycles. The van der Waals surface area contributed by atoms with Crippen LogP contribution in [0.4, 0.5) is 5.69 Å². The highest BCUT2D eigenvalue weighted by Gasteiger charge is 2.24. The molecule has 0 aliphatic heterocycles. The summed E-state index contributed by atoms with van der Waals surface area (Å²) in [5.74, 6) is -0.0519. The molecule has 31 heavy (non-hydrogen) atoms. The number of carbonyl (C=O) groups excluding carboxylic acids is 1. The van der Waals surface area contributed by atoms with E-state index in [1.165, 1.54) is 11.8 Å². The van der Waals surface area contributed by atoms with E-state index in [0.29, 0.717) is 17.4 Å². The molecule has 1 amide bonds. The van der Waals surface area contributed by atoms with Crippen LogP contribution in [-0.4, -0.2) is 34.3 Å². The summed E-state index contributed by atoms with van der Waals surface area (Å²) in [7, 11) is -1.82. The molecule has 0 aliphatic rings. The van der Waals surface area contributed by atoms with Gasteiger partial charge >= 0.3 is 0 Å². The molecule has 1 unspecified atom stereocenters. The first-order chi connectivity index (χ1) is 14.7. The summed E-state index contributed by atoms with van der Waals surface area (Å²) in [4.78, 5) is 13.1. The zero-order valence-corrected chi connectivity index (χ0v) is 19.6. The lowest BCUT2D eigenvalue weighted by atomic mass is 10.1. The molecule has 1 N–H and O–H groups in total. The number of sulfone groups is 1. The number of nitrogens with one attached hydrogen (secondary N) is 1. The number of rotatable bonds is 8. The van der Waals surface area contributed by atoms with Crippen LogP contribution < -0.4 is 5.32 Å². The summed E-state index contributed by atoms with van der Waals surface area (Å²) in [6.07, 6.45) is 0.589. The van der Waals surface area contributed by atoms with E-state index in [0.717, 1.165) is 16.8 Å². The number of nitrogens with zero attached hydrogens (tertiary/aromatic N) is 3. The van der Waals surface area contributed by atoms with Crippen LogP contribution in [0.3, 0.4) is 0 Å². The van der Waals surface area contributed by atoms with Crippen molar-refractivity contribution in [2.75, 3.05) is 5.32 Å². The fraction of sp³-hybridized carbons (Fsp3) is 0.318. The van der Waals surface area contributed by atoms with Crippen LogP contribution in [0.15, 0.2) is 58.6 Å². The summed E-state index contributed by atoms with van der Waals surface area (Å²) in [5, 5.41) is 11.3. The Balaban J connectivity index is 1.73. The maximum absolute atomic E-state index is 12.8. The number of benzene rings is 2. The molecule has 0 bridgehead atoms. The zero-order valence-electron chi connectivity index (χ0n) is 18.0. The topological polar surface area (TPSA) is 93.9 Å². The van der Waals surface area contributed by atoms with E-state index in [9.17, 15) is 13.2 Å². The number of thioether (sulfide) groups is 1. The normalized spacial score (nSPS) is 12.5. The molecule has 3 rings (SSSR count). The lowest BCUT2D eigenvalue weighted by Gasteiger charge is -2.15. The molecule has 0 radical (unpaired) electrons. The molecule has 0 saturated carbocycles. The van der Waals surface area contributed by atoms with Crippen molar-refractivity contribution in [2.24, 2.45) is 7.05 Å². The fourth-order valence-electron chi connectivity index (χ4n) is 3.07. The highest BCUT2D eigenvalue weighted by Crippen LogP contribution is 2.27. The van der Waals surface area contributed by atoms with Gasteiger partial charge in [0, 0.05) is 12.7 Å². The van der Waals surface area contributed by atoms with Gasteiger partial charge in [-0.1, -0.05) is 54.6 Å². The highest BCUT2D eigenvalue weighted by atomic mass is 32.2. The van der Waals surface area contributed by atoms with E-state index in [4.69, 9.17) is 0 Å². The van der Waals surface area contributed by atoms with Gasteiger partial charge in [-0.05, 0) is 44.0 Å². The molecular weight excluding hydrogens is 432 g/mol. The van der Waals surface area contributed by atoms with Crippen LogP contribution in [0.1, 0.15) is 30.3 Å². The van der Waals surface area contributed by atoms with Gasteiger partial charge in [0.05, 0.1) is 10.1 Å². The first-order valence-electron chi connectivity index (χ1n) is 9.92. The number of amides is 1. The second-order valence-electron chi connectivity index (χ2n) is 7.35. The Morgan fingerprint density at radius 3 is 2.48 bits per heavy atom. The first kappa shape index (κ1) is 23.0. The Morgan fingerprint density at radius 2 is 1.84 bits per heavy atom. The maximum atomic E-state index is 12.8. The van der Waals surface area contributed by atoms with Crippen molar-refractivity contribution < 1.29 is 13.2 Å². The van der Waals surface area contributed by atoms with Gasteiger partial charge in [0.25, 0.3) is 0 Å². The van der Waals surface area contributed by atoms with E-state index in [1.807, 2.05) is 39.0 Å². The van der Waals surface area contributed by atoms with E-state index in [2.05, 4.69) is 15.5 Å². The number of carbonyl (C=O) groups is 1. The smallest absolute Gasteiger partial charge is 0.237 e. The van der Waals surface area contributed by atoms with Crippen molar-refractivity contribution in [3.05, 3.63) is 65.5 Å². The van der Waals surface area contributed by atoms with Gasteiger partial charge in [-0.25, -0.2) is 8.42 Å². The number of aromatic nitrogens is 3. The molecule has 0 aliphatic carbocycles. The van der Waals surface area contributed by atoms with E-state index >= 15 is 0 Å². The Labute approximate surface area is 187 Å². The zero-order chi connectivity index (χ0) is 22.6. The largest absolute Gasteiger partial charge is 0.325 e. The number of hydrogen-bond acceptors (Lipinski definition) is 6. The van der Waals surface area contributed by atoms with Crippen LogP contribution in [-0.2, 0) is 27.4 Å². The summed E-state index contributed by atoms with van der Waals surface area (Å²) in [6, 6.07) is 14.1. The molecule has 7 nitrogen and oxygen atoms in total. The Morgan fingerprint density at radius 1 is 1.13 bits per heavy atom. The highest BCUT2D eigenvalue weighted by molar-refractivity contribution is 8.00. The van der Waals surface area contributed by atoms with E-state index in [-0.39, 0.29) is 21.8 Å². The van der Waals surface area contributed by atoms with Gasteiger partial charge in [0.2, 0.25) is 5.91 Å². The van der Waals surface area contributed by atoms with Gasteiger partial charge in [0.15, 0.2) is 15.0 Å². The van der Waals surface area contributed by atoms with Crippen LogP contribution in [0.25, 0.3) is 0 Å². The third-order valence-corrected chi connectivity index (χ3v) is 7.92. The van der Waals surface area contributed by atoms with Gasteiger partial charge in [0.1, 0.15) is 11.6 Å². The van der Waals surface area contributed by atoms with Gasteiger partial charge in [-0.15, -0.1) is 10.2 Å². The minimum atomic E-state index is -3.53. The van der Waals surface area contributed by atoms with Gasteiger partial charge in [-0.3, -0.25) is 4.79 Å². The SMILES string of the molecule is CCC(Sc1nnc(CS(=O)(=O)c2ccccc2)n1C)C(=O)Nc1ccc(C)cc1C. The average Bonchev–Trinajstić information content (AvgIpc) is 3.07. The monoisotopic (exact) mass is 458 g/mol. The Bertz CT molecular complexity index is 1170. The third-order valence-electron chi connectivity index (χ3n) is 4.90. The summed E-state index contributed by atoms with van der Waals surface area (Å²) < 4.78 is 27.0. The maximum Gasteiger partial charge on any atom is 0.237 e. The van der Waals surface area contributed by atoms with Crippen molar-refractivity contribution in [1.82, 2.24) is 14.8 Å². The molecule has 1 atom stereocenters. The molecule has 0 fully saturated rings. The number of aryl methyl sites for hydroxylation is 2. The summed E-state index contributed by atoms with van der Waals surface area (Å²) in [5.41, 5.74) is 2.91. The molecule has 0 spiro atoms. The third kappa shape index (κ3) is 5.54. The quantitative estimate of drug-likeness (QED) is 0.514. The molecule has 2 aromatic carbocycles. The molecule has 1 aromatic heterocycles. The van der Waals surface area contributed by atoms with E-state index < -0.39 is 9.84 Å². The predicted octanol–water partition coefficient (Wildman–Crippen LogP) is 3.92. The molecule has 164 valence electrons. The Hall–Kier alpha value is -2.65. The average molecular weight is 459 g/mol. The fourth-order valence-corrected chi connectivity index (χ4v) is 5.34. The number of anilines is 1. The summed E-state index contributed by atoms with van der Waals surface area (Å²) in [6.45, 7) is 5.89. The second-order valence-corrected chi connectivity index (χ2v) is 10.5. The molecule has 3 aromatic rings. The minimum absolute atomic E-state index is 0.124. The van der Waals surface area contributed by atoms with Crippen LogP contribution in [0.2, 0.25) is 0 Å². The number of hydrogen-bond donors (Lipinski definition) is 1. The molecule has 9 heteroatoms. The van der Waals surface area contributed by atoms with Crippen molar-refractivity contribution in [3.63, 3.8) is 0 Å². The van der Waals surface area contributed by atoms with Gasteiger partial charge in [-0.2, -0.15) is 0 Å². The van der Waals surface area contributed by atoms with Crippen molar-refractivity contribution in [2.45, 2.75) is 48.2 Å². The Kier molecular flexibility index (Phi) is 7.17. The van der Waals surface area contributed by atoms with Gasteiger partial charge < -0.3 is 9.88 Å². The van der Waals surface area contributed by atoms with Crippen molar-refractivity contribution in [3.8, 4) is 0 Å². The molecular formula is C22H26N4O3S2. The van der Waals surface area contributed by atoms with Crippen molar-refractivity contribution in [1.29, 1.82) is 0 Å².